The summed E-state index contributed by atoms with van der Waals surface area (Å²) in [7, 11) is 2.11. The van der Waals surface area contributed by atoms with Crippen LogP contribution < -0.4 is 15.4 Å². The van der Waals surface area contributed by atoms with Crippen LogP contribution >= 0.6 is 11.3 Å². The van der Waals surface area contributed by atoms with Gasteiger partial charge >= 0.3 is 6.09 Å². The van der Waals surface area contributed by atoms with Crippen molar-refractivity contribution < 1.29 is 18.8 Å². The second kappa shape index (κ2) is 9.99. The van der Waals surface area contributed by atoms with Gasteiger partial charge in [0, 0.05) is 22.5 Å². The van der Waals surface area contributed by atoms with Crippen molar-refractivity contribution in [3.8, 4) is 23.5 Å². The largest absolute Gasteiger partial charge is 0.473 e. The Bertz CT molecular complexity index is 1560. The zero-order valence-electron chi connectivity index (χ0n) is 23.3. The number of nitrogens with two attached hydrogens (primary N) is 1. The van der Waals surface area contributed by atoms with Gasteiger partial charge in [-0.15, -0.1) is 11.3 Å². The summed E-state index contributed by atoms with van der Waals surface area (Å²) in [6.07, 6.45) is 6.94. The number of rotatable bonds is 5. The van der Waals surface area contributed by atoms with Crippen LogP contribution in [0, 0.1) is 11.3 Å². The van der Waals surface area contributed by atoms with Gasteiger partial charge in [-0.3, -0.25) is 9.80 Å². The Morgan fingerprint density at radius 3 is 2.80 bits per heavy atom. The van der Waals surface area contributed by atoms with E-state index < -0.39 is 11.5 Å². The zero-order chi connectivity index (χ0) is 28.3. The molecule has 0 radical (unpaired) electrons. The summed E-state index contributed by atoms with van der Waals surface area (Å²) in [5.41, 5.74) is 8.96. The molecule has 1 spiro atoms. The number of aromatic nitrogens is 3. The number of ether oxygens (including phenoxy) is 2. The van der Waals surface area contributed by atoms with Crippen LogP contribution in [0.15, 0.2) is 10.6 Å². The van der Waals surface area contributed by atoms with Crippen LogP contribution in [0.2, 0.25) is 0 Å². The first kappa shape index (κ1) is 26.2. The van der Waals surface area contributed by atoms with Gasteiger partial charge in [-0.25, -0.2) is 9.78 Å². The monoisotopic (exact) mass is 575 g/mol. The van der Waals surface area contributed by atoms with E-state index in [1.807, 2.05) is 0 Å². The molecule has 0 saturated carbocycles. The van der Waals surface area contributed by atoms with E-state index in [1.54, 1.807) is 6.07 Å². The minimum absolute atomic E-state index is 0.104. The fourth-order valence-corrected chi connectivity index (χ4v) is 8.49. The van der Waals surface area contributed by atoms with E-state index in [1.165, 1.54) is 21.1 Å². The van der Waals surface area contributed by atoms with Gasteiger partial charge in [0.05, 0.1) is 17.5 Å². The van der Waals surface area contributed by atoms with E-state index >= 15 is 0 Å². The highest BCUT2D eigenvalue weighted by Gasteiger charge is 2.49. The highest BCUT2D eigenvalue weighted by atomic mass is 32.1. The number of aryl methyl sites for hydroxylation is 1. The fraction of sp³-hybridized carbons (Fsp3) is 0.552. The lowest BCUT2D eigenvalue weighted by Gasteiger charge is -2.39. The number of nitrogen functional groups attached to an aromatic ring is 1. The molecule has 3 aromatic heterocycles. The smallest absolute Gasteiger partial charge is 0.415 e. The lowest BCUT2D eigenvalue weighted by Crippen LogP contribution is -2.38. The Kier molecular flexibility index (Phi) is 6.39. The van der Waals surface area contributed by atoms with Crippen LogP contribution in [0.5, 0.6) is 5.88 Å². The number of cyclic esters (lactones) is 1. The molecule has 7 rings (SSSR count). The highest BCUT2D eigenvalue weighted by molar-refractivity contribution is 7.16. The summed E-state index contributed by atoms with van der Waals surface area (Å²) in [6, 6.07) is 4.35. The molecule has 0 aromatic carbocycles. The van der Waals surface area contributed by atoms with E-state index in [-0.39, 0.29) is 12.1 Å². The van der Waals surface area contributed by atoms with Crippen LogP contribution in [0.1, 0.15) is 72.8 Å². The molecule has 2 aliphatic heterocycles. The Balaban J connectivity index is 1.32. The second-order valence-corrected chi connectivity index (χ2v) is 12.7. The van der Waals surface area contributed by atoms with E-state index in [2.05, 4.69) is 30.1 Å². The summed E-state index contributed by atoms with van der Waals surface area (Å²) in [4.78, 5) is 27.1. The summed E-state index contributed by atoms with van der Waals surface area (Å²) in [5.74, 6) is 1.94. The molecule has 41 heavy (non-hydrogen) atoms. The zero-order valence-corrected chi connectivity index (χ0v) is 24.1. The van der Waals surface area contributed by atoms with Crippen molar-refractivity contribution >= 4 is 28.2 Å². The topological polar surface area (TPSA) is 144 Å². The van der Waals surface area contributed by atoms with Gasteiger partial charge in [-0.1, -0.05) is 5.16 Å². The molecule has 2 saturated heterocycles. The van der Waals surface area contributed by atoms with Crippen LogP contribution in [-0.2, 0) is 23.0 Å². The third kappa shape index (κ3) is 4.16. The van der Waals surface area contributed by atoms with E-state index in [0.717, 1.165) is 74.8 Å². The number of nitriles is 1. The standard InChI is InChI=1S/C29H33N7O4S/c1-16(19-7-5-11-35(19)2)39-22-14-21(36-12-13-38-28(36)37)32-27(33-22)24-17-6-3-9-29(25(17)40-34-24)10-4-8-20-23(29)18(15-30)26(31)41-20/h14,16,19H,3-13,31H2,1-2H3/t16-,19-,29-/m0/s1. The first-order valence-corrected chi connectivity index (χ1v) is 15.2. The normalized spacial score (nSPS) is 24.7. The third-order valence-corrected chi connectivity index (χ3v) is 10.3. The molecular formula is C29H33N7O4S. The summed E-state index contributed by atoms with van der Waals surface area (Å²) < 4.78 is 17.8. The molecule has 1 amide bonds. The number of likely N-dealkylation sites (tertiary alicyclic amines) is 1. The molecule has 4 aliphatic rings. The van der Waals surface area contributed by atoms with E-state index in [9.17, 15) is 10.1 Å². The maximum atomic E-state index is 12.5. The van der Waals surface area contributed by atoms with Gasteiger partial charge in [0.25, 0.3) is 0 Å². The van der Waals surface area contributed by atoms with Crippen molar-refractivity contribution in [2.75, 3.05) is 37.4 Å². The Morgan fingerprint density at radius 1 is 1.24 bits per heavy atom. The van der Waals surface area contributed by atoms with Gasteiger partial charge in [-0.05, 0) is 77.4 Å². The predicted molar refractivity (Wildman–Crippen MR) is 152 cm³/mol. The highest BCUT2D eigenvalue weighted by Crippen LogP contribution is 2.55. The number of nitrogens with zero attached hydrogens (tertiary/aromatic N) is 6. The summed E-state index contributed by atoms with van der Waals surface area (Å²) >= 11 is 1.52. The second-order valence-electron chi connectivity index (χ2n) is 11.5. The molecule has 11 nitrogen and oxygen atoms in total. The van der Waals surface area contributed by atoms with Crippen molar-refractivity contribution in [1.29, 1.82) is 5.26 Å². The minimum Gasteiger partial charge on any atom is -0.473 e. The van der Waals surface area contributed by atoms with Crippen molar-refractivity contribution in [1.82, 2.24) is 20.0 Å². The average molecular weight is 576 g/mol. The van der Waals surface area contributed by atoms with Crippen molar-refractivity contribution in [2.24, 2.45) is 0 Å². The summed E-state index contributed by atoms with van der Waals surface area (Å²) in [5, 5.41) is 15.1. The first-order chi connectivity index (χ1) is 19.9. The van der Waals surface area contributed by atoms with Crippen LogP contribution in [0.25, 0.3) is 11.5 Å². The molecule has 2 fully saturated rings. The molecule has 12 heteroatoms. The summed E-state index contributed by atoms with van der Waals surface area (Å²) in [6.45, 7) is 3.79. The Hall–Kier alpha value is -3.69. The van der Waals surface area contributed by atoms with Crippen LogP contribution in [0.3, 0.4) is 0 Å². The lowest BCUT2D eigenvalue weighted by atomic mass is 9.63. The first-order valence-electron chi connectivity index (χ1n) is 14.4. The average Bonchev–Trinajstić information content (AvgIpc) is 3.75. The maximum absolute atomic E-state index is 12.5. The van der Waals surface area contributed by atoms with E-state index in [4.69, 9.17) is 29.7 Å². The molecule has 3 atom stereocenters. The molecular weight excluding hydrogens is 542 g/mol. The minimum atomic E-state index is -0.445. The van der Waals surface area contributed by atoms with Gasteiger partial charge in [0.15, 0.2) is 17.3 Å². The molecule has 3 aromatic rings. The number of fused-ring (bicyclic) bond motifs is 4. The third-order valence-electron chi connectivity index (χ3n) is 9.22. The van der Waals surface area contributed by atoms with Gasteiger partial charge < -0.3 is 19.7 Å². The number of hydrogen-bond donors (Lipinski definition) is 1. The number of carbonyl (C=O) groups excluding carboxylic acids is 1. The number of likely N-dealkylation sites (N-methyl/N-ethyl adjacent to an activating group) is 1. The van der Waals surface area contributed by atoms with Gasteiger partial charge in [0.1, 0.15) is 29.6 Å². The SMILES string of the molecule is C[C@H](Oc1cc(N2CCOC2=O)nc(-c2noc3c2CCC[C@@]32CCCc3sc(N)c(C#N)c32)n1)[C@@H]1CCCN1C. The van der Waals surface area contributed by atoms with Gasteiger partial charge in [-0.2, -0.15) is 10.2 Å². The van der Waals surface area contributed by atoms with Gasteiger partial charge in [0.2, 0.25) is 5.88 Å². The number of anilines is 2. The van der Waals surface area contributed by atoms with Crippen LogP contribution in [-0.4, -0.2) is 65.0 Å². The number of amides is 1. The lowest BCUT2D eigenvalue weighted by molar-refractivity contribution is 0.117. The molecule has 0 bridgehead atoms. The Labute approximate surface area is 242 Å². The van der Waals surface area contributed by atoms with E-state index in [0.29, 0.717) is 46.9 Å². The molecule has 214 valence electrons. The maximum Gasteiger partial charge on any atom is 0.415 e. The van der Waals surface area contributed by atoms with Crippen molar-refractivity contribution in [3.63, 3.8) is 0 Å². The molecule has 2 N–H and O–H groups in total. The van der Waals surface area contributed by atoms with Crippen LogP contribution in [0.4, 0.5) is 15.6 Å². The molecule has 0 unspecified atom stereocenters. The number of carbonyl (C=O) groups is 1. The fourth-order valence-electron chi connectivity index (χ4n) is 7.33. The molecule has 5 heterocycles. The Morgan fingerprint density at radius 2 is 2.07 bits per heavy atom. The quantitative estimate of drug-likeness (QED) is 0.464. The molecule has 2 aliphatic carbocycles. The van der Waals surface area contributed by atoms with Crippen molar-refractivity contribution in [2.45, 2.75) is 75.9 Å². The predicted octanol–water partition coefficient (Wildman–Crippen LogP) is 4.42. The number of thiophene rings is 1. The number of hydrogen-bond acceptors (Lipinski definition) is 11. The van der Waals surface area contributed by atoms with Crippen molar-refractivity contribution in [3.05, 3.63) is 33.4 Å².